The lowest BCUT2D eigenvalue weighted by Gasteiger charge is -2.32. The summed E-state index contributed by atoms with van der Waals surface area (Å²) < 4.78 is 6.88. The molecular formula is C39H48ClN3O6Si. The highest BCUT2D eigenvalue weighted by molar-refractivity contribution is 6.71. The molecule has 50 heavy (non-hydrogen) atoms. The van der Waals surface area contributed by atoms with E-state index in [1.54, 1.807) is 21.9 Å². The Balaban J connectivity index is 1.29. The molecule has 2 N–H and O–H groups in total. The minimum Gasteiger partial charge on any atom is -0.432 e. The summed E-state index contributed by atoms with van der Waals surface area (Å²) in [5.74, 6) is -0.778. The maximum Gasteiger partial charge on any atom is 0.264 e. The maximum absolute atomic E-state index is 14.8. The predicted octanol–water partition coefficient (Wildman–Crippen LogP) is 6.39. The van der Waals surface area contributed by atoms with E-state index in [2.05, 4.69) is 0 Å². The zero-order chi connectivity index (χ0) is 35.6. The minimum atomic E-state index is -3.02. The van der Waals surface area contributed by atoms with Crippen LogP contribution in [0.1, 0.15) is 62.1 Å². The van der Waals surface area contributed by atoms with Crippen molar-refractivity contribution in [3.8, 4) is 0 Å². The van der Waals surface area contributed by atoms with E-state index in [1.807, 2.05) is 85.6 Å². The van der Waals surface area contributed by atoms with Crippen LogP contribution in [0, 0.1) is 5.92 Å². The van der Waals surface area contributed by atoms with Crippen LogP contribution in [-0.2, 0) is 37.8 Å². The van der Waals surface area contributed by atoms with E-state index < -0.39 is 31.5 Å². The molecule has 6 rings (SSSR count). The summed E-state index contributed by atoms with van der Waals surface area (Å²) in [6.07, 6.45) is 3.87. The zero-order valence-electron chi connectivity index (χ0n) is 29.2. The van der Waals surface area contributed by atoms with Crippen molar-refractivity contribution in [1.29, 1.82) is 0 Å². The van der Waals surface area contributed by atoms with Crippen molar-refractivity contribution in [1.82, 2.24) is 4.90 Å². The molecule has 3 amide bonds. The second-order valence-electron chi connectivity index (χ2n) is 14.5. The number of hydrogen-bond donors (Lipinski definition) is 2. The van der Waals surface area contributed by atoms with Gasteiger partial charge in [-0.25, -0.2) is 0 Å². The number of anilines is 2. The monoisotopic (exact) mass is 717 g/mol. The summed E-state index contributed by atoms with van der Waals surface area (Å²) >= 11 is 6.57. The number of rotatable bonds is 10. The Kier molecular flexibility index (Phi) is 10.9. The average molecular weight is 718 g/mol. The van der Waals surface area contributed by atoms with Crippen molar-refractivity contribution >= 4 is 49.0 Å². The normalized spacial score (nSPS) is 24.0. The van der Waals surface area contributed by atoms with Gasteiger partial charge in [-0.1, -0.05) is 73.8 Å². The summed E-state index contributed by atoms with van der Waals surface area (Å²) in [5.41, 5.74) is 2.13. The highest BCUT2D eigenvalue weighted by atomic mass is 35.5. The van der Waals surface area contributed by atoms with E-state index >= 15 is 0 Å². The number of ether oxygens (including phenoxy) is 1. The number of amides is 3. The topological polar surface area (TPSA) is 111 Å². The molecule has 0 unspecified atom stereocenters. The van der Waals surface area contributed by atoms with Crippen LogP contribution >= 0.6 is 11.6 Å². The number of aliphatic hydroxyl groups excluding tert-OH is 1. The van der Waals surface area contributed by atoms with Crippen LogP contribution in [0.5, 0.6) is 0 Å². The molecular weight excluding hydrogens is 670 g/mol. The fourth-order valence-corrected chi connectivity index (χ4v) is 11.0. The molecule has 4 atom stereocenters. The van der Waals surface area contributed by atoms with Crippen LogP contribution in [0.15, 0.2) is 72.8 Å². The standard InChI is InChI=1S/C39H48ClN3O6Si/c1-27-37(50(2,3)48)34(24-36(46)41(21-22-44)25-28-11-7-6-8-12-28)49-39(27)32-23-30(40)16-19-33(32)43(38(39)47)26-29-14-17-31(18-15-29)42-20-10-5-4-9-13-35(42)45/h6-8,11-12,14-19,23,27,34,37,44,48H,4-5,9-10,13,20-22,24-26H2,1-3H3/t27-,34+,37-,39+/m1/s1. The fraction of sp³-hybridized carbons (Fsp3) is 0.462. The van der Waals surface area contributed by atoms with Gasteiger partial charge >= 0.3 is 0 Å². The fourth-order valence-electron chi connectivity index (χ4n) is 8.32. The van der Waals surface area contributed by atoms with Crippen molar-refractivity contribution in [2.45, 2.75) is 88.9 Å². The van der Waals surface area contributed by atoms with Crippen LogP contribution in [0.3, 0.4) is 0 Å². The summed E-state index contributed by atoms with van der Waals surface area (Å²) in [5, 5.41) is 10.3. The highest BCUT2D eigenvalue weighted by Gasteiger charge is 2.66. The van der Waals surface area contributed by atoms with Gasteiger partial charge in [-0.05, 0) is 67.4 Å². The van der Waals surface area contributed by atoms with Gasteiger partial charge in [0.2, 0.25) is 11.8 Å². The third-order valence-electron chi connectivity index (χ3n) is 10.7. The molecule has 9 nitrogen and oxygen atoms in total. The molecule has 0 bridgehead atoms. The molecule has 0 aromatic heterocycles. The SMILES string of the molecule is C[C@@H]1[C@@H]([Si](C)(C)O)[C@H](CC(=O)N(CCO)Cc2ccccc2)O[C@@]12C(=O)N(Cc1ccc(N3CCCCCCC3=O)cc1)c1ccc(Cl)cc12. The number of aliphatic hydroxyl groups is 1. The van der Waals surface area contributed by atoms with E-state index in [0.29, 0.717) is 35.8 Å². The Morgan fingerprint density at radius 2 is 1.72 bits per heavy atom. The lowest BCUT2D eigenvalue weighted by atomic mass is 9.82. The van der Waals surface area contributed by atoms with Crippen LogP contribution < -0.4 is 9.80 Å². The molecule has 3 aromatic rings. The van der Waals surface area contributed by atoms with E-state index in [0.717, 1.165) is 42.5 Å². The first-order chi connectivity index (χ1) is 23.9. The van der Waals surface area contributed by atoms with E-state index in [4.69, 9.17) is 16.3 Å². The molecule has 3 aliphatic heterocycles. The zero-order valence-corrected chi connectivity index (χ0v) is 30.9. The number of carbonyl (C=O) groups is 3. The maximum atomic E-state index is 14.8. The first-order valence-corrected chi connectivity index (χ1v) is 21.2. The molecule has 2 fully saturated rings. The number of hydrogen-bond acceptors (Lipinski definition) is 6. The van der Waals surface area contributed by atoms with E-state index in [-0.39, 0.29) is 43.8 Å². The van der Waals surface area contributed by atoms with Crippen molar-refractivity contribution in [2.24, 2.45) is 5.92 Å². The molecule has 2 saturated heterocycles. The molecule has 0 aliphatic carbocycles. The largest absolute Gasteiger partial charge is 0.432 e. The van der Waals surface area contributed by atoms with Gasteiger partial charge in [-0.15, -0.1) is 0 Å². The van der Waals surface area contributed by atoms with Crippen molar-refractivity contribution in [3.63, 3.8) is 0 Å². The van der Waals surface area contributed by atoms with Crippen LogP contribution in [0.25, 0.3) is 0 Å². The molecule has 3 aliphatic rings. The first kappa shape index (κ1) is 36.3. The average Bonchev–Trinajstić information content (AvgIpc) is 3.49. The third-order valence-corrected chi connectivity index (χ3v) is 13.4. The van der Waals surface area contributed by atoms with Gasteiger partial charge in [-0.2, -0.15) is 0 Å². The Hall–Kier alpha value is -3.54. The molecule has 3 aromatic carbocycles. The van der Waals surface area contributed by atoms with Crippen molar-refractivity contribution in [2.75, 3.05) is 29.5 Å². The minimum absolute atomic E-state index is 0.0412. The molecule has 1 spiro atoms. The quantitative estimate of drug-likeness (QED) is 0.235. The van der Waals surface area contributed by atoms with Gasteiger partial charge in [0, 0.05) is 53.8 Å². The summed E-state index contributed by atoms with van der Waals surface area (Å²) in [4.78, 5) is 58.5. The molecule has 0 radical (unpaired) electrons. The number of carbonyl (C=O) groups excluding carboxylic acids is 3. The second kappa shape index (κ2) is 15.0. The van der Waals surface area contributed by atoms with Crippen LogP contribution in [0.2, 0.25) is 23.7 Å². The molecule has 3 heterocycles. The van der Waals surface area contributed by atoms with Gasteiger partial charge in [-0.3, -0.25) is 14.4 Å². The predicted molar refractivity (Wildman–Crippen MR) is 197 cm³/mol. The number of halogens is 1. The summed E-state index contributed by atoms with van der Waals surface area (Å²) in [6.45, 7) is 6.87. The van der Waals surface area contributed by atoms with Gasteiger partial charge in [0.15, 0.2) is 13.9 Å². The lowest BCUT2D eigenvalue weighted by Crippen LogP contribution is -2.46. The Morgan fingerprint density at radius 3 is 2.42 bits per heavy atom. The summed E-state index contributed by atoms with van der Waals surface area (Å²) in [6, 6.07) is 22.8. The smallest absolute Gasteiger partial charge is 0.264 e. The lowest BCUT2D eigenvalue weighted by molar-refractivity contribution is -0.150. The third kappa shape index (κ3) is 7.14. The Labute approximate surface area is 300 Å². The highest BCUT2D eigenvalue weighted by Crippen LogP contribution is 2.60. The Morgan fingerprint density at radius 1 is 1.00 bits per heavy atom. The van der Waals surface area contributed by atoms with Gasteiger partial charge < -0.3 is 29.3 Å². The van der Waals surface area contributed by atoms with Crippen molar-refractivity contribution in [3.05, 3.63) is 94.5 Å². The first-order valence-electron chi connectivity index (χ1n) is 17.8. The van der Waals surface area contributed by atoms with Gasteiger partial charge in [0.25, 0.3) is 5.91 Å². The number of nitrogens with zero attached hydrogens (tertiary/aromatic N) is 3. The number of fused-ring (bicyclic) bond motifs is 2. The van der Waals surface area contributed by atoms with E-state index in [1.165, 1.54) is 0 Å². The Bertz CT molecular complexity index is 1700. The second-order valence-corrected chi connectivity index (χ2v) is 18.9. The van der Waals surface area contributed by atoms with Crippen LogP contribution in [-0.4, -0.2) is 66.6 Å². The van der Waals surface area contributed by atoms with Crippen LogP contribution in [0.4, 0.5) is 11.4 Å². The van der Waals surface area contributed by atoms with Gasteiger partial charge in [0.1, 0.15) is 0 Å². The number of benzene rings is 3. The van der Waals surface area contributed by atoms with E-state index in [9.17, 15) is 24.3 Å². The molecule has 11 heteroatoms. The molecule has 266 valence electrons. The molecule has 0 saturated carbocycles. The summed E-state index contributed by atoms with van der Waals surface area (Å²) in [7, 11) is -3.02. The van der Waals surface area contributed by atoms with Gasteiger partial charge in [0.05, 0.1) is 31.4 Å². The van der Waals surface area contributed by atoms with Crippen molar-refractivity contribution < 1.29 is 29.0 Å².